The number of ether oxygens (including phenoxy) is 1. The van der Waals surface area contributed by atoms with Gasteiger partial charge in [0.25, 0.3) is 0 Å². The van der Waals surface area contributed by atoms with E-state index in [9.17, 15) is 4.79 Å². The second kappa shape index (κ2) is 7.09. The SMILES string of the molecule is CCC(=O)NCc1cc(OCC(C)N)cc2ccccc12. The topological polar surface area (TPSA) is 64.3 Å². The third-order valence-corrected chi connectivity index (χ3v) is 3.23. The highest BCUT2D eigenvalue weighted by molar-refractivity contribution is 5.87. The second-order valence-corrected chi connectivity index (χ2v) is 5.22. The van der Waals surface area contributed by atoms with Gasteiger partial charge in [-0.1, -0.05) is 31.2 Å². The molecular weight excluding hydrogens is 264 g/mol. The number of nitrogens with two attached hydrogens (primary N) is 1. The summed E-state index contributed by atoms with van der Waals surface area (Å²) in [6.07, 6.45) is 0.485. The van der Waals surface area contributed by atoms with E-state index < -0.39 is 0 Å². The van der Waals surface area contributed by atoms with E-state index in [0.29, 0.717) is 19.6 Å². The molecule has 4 heteroatoms. The van der Waals surface area contributed by atoms with Crippen LogP contribution >= 0.6 is 0 Å². The molecule has 21 heavy (non-hydrogen) atoms. The van der Waals surface area contributed by atoms with Crippen LogP contribution in [0.1, 0.15) is 25.8 Å². The van der Waals surface area contributed by atoms with Crippen LogP contribution in [0, 0.1) is 0 Å². The number of nitrogens with one attached hydrogen (secondary N) is 1. The molecule has 112 valence electrons. The fourth-order valence-electron chi connectivity index (χ4n) is 2.14. The summed E-state index contributed by atoms with van der Waals surface area (Å²) in [4.78, 5) is 11.5. The van der Waals surface area contributed by atoms with Crippen LogP contribution in [-0.4, -0.2) is 18.6 Å². The van der Waals surface area contributed by atoms with Crippen molar-refractivity contribution in [1.82, 2.24) is 5.32 Å². The molecule has 0 saturated heterocycles. The number of rotatable bonds is 6. The number of carbonyl (C=O) groups excluding carboxylic acids is 1. The summed E-state index contributed by atoms with van der Waals surface area (Å²) in [7, 11) is 0. The Morgan fingerprint density at radius 3 is 2.81 bits per heavy atom. The minimum absolute atomic E-state index is 0.0142. The molecule has 0 bridgehead atoms. The van der Waals surface area contributed by atoms with Crippen molar-refractivity contribution in [2.75, 3.05) is 6.61 Å². The van der Waals surface area contributed by atoms with E-state index in [1.54, 1.807) is 0 Å². The van der Waals surface area contributed by atoms with Crippen molar-refractivity contribution in [3.05, 3.63) is 42.0 Å². The van der Waals surface area contributed by atoms with Gasteiger partial charge in [-0.05, 0) is 35.4 Å². The molecule has 1 atom stereocenters. The van der Waals surface area contributed by atoms with Crippen LogP contribution < -0.4 is 15.8 Å². The molecule has 0 spiro atoms. The van der Waals surface area contributed by atoms with E-state index >= 15 is 0 Å². The molecule has 1 unspecified atom stereocenters. The highest BCUT2D eigenvalue weighted by Crippen LogP contribution is 2.25. The van der Waals surface area contributed by atoms with Gasteiger partial charge in [0.05, 0.1) is 0 Å². The first-order chi connectivity index (χ1) is 10.1. The molecule has 1 amide bonds. The largest absolute Gasteiger partial charge is 0.492 e. The molecule has 0 heterocycles. The minimum atomic E-state index is -0.0142. The lowest BCUT2D eigenvalue weighted by Crippen LogP contribution is -2.24. The summed E-state index contributed by atoms with van der Waals surface area (Å²) in [5, 5.41) is 5.14. The van der Waals surface area contributed by atoms with Crippen molar-refractivity contribution in [3.8, 4) is 5.75 Å². The Hall–Kier alpha value is -2.07. The third-order valence-electron chi connectivity index (χ3n) is 3.23. The van der Waals surface area contributed by atoms with E-state index in [-0.39, 0.29) is 11.9 Å². The highest BCUT2D eigenvalue weighted by atomic mass is 16.5. The molecular formula is C17H22N2O2. The van der Waals surface area contributed by atoms with Crippen LogP contribution in [0.4, 0.5) is 0 Å². The molecule has 4 nitrogen and oxygen atoms in total. The normalized spacial score (nSPS) is 12.1. The van der Waals surface area contributed by atoms with Gasteiger partial charge in [0.2, 0.25) is 5.91 Å². The predicted molar refractivity (Wildman–Crippen MR) is 85.2 cm³/mol. The summed E-state index contributed by atoms with van der Waals surface area (Å²) >= 11 is 0. The predicted octanol–water partition coefficient (Wildman–Crippen LogP) is 2.59. The van der Waals surface area contributed by atoms with Crippen molar-refractivity contribution in [2.24, 2.45) is 5.73 Å². The number of hydrogen-bond acceptors (Lipinski definition) is 3. The van der Waals surface area contributed by atoms with E-state index in [2.05, 4.69) is 11.4 Å². The van der Waals surface area contributed by atoms with Crippen LogP contribution in [0.15, 0.2) is 36.4 Å². The molecule has 0 aromatic heterocycles. The third kappa shape index (κ3) is 4.20. The molecule has 0 aliphatic carbocycles. The molecule has 2 aromatic rings. The molecule has 0 aliphatic heterocycles. The Morgan fingerprint density at radius 2 is 2.10 bits per heavy atom. The fraction of sp³-hybridized carbons (Fsp3) is 0.353. The number of amides is 1. The van der Waals surface area contributed by atoms with Gasteiger partial charge in [0.1, 0.15) is 12.4 Å². The lowest BCUT2D eigenvalue weighted by atomic mass is 10.0. The van der Waals surface area contributed by atoms with Crippen molar-refractivity contribution in [1.29, 1.82) is 0 Å². The van der Waals surface area contributed by atoms with E-state index in [1.807, 2.05) is 44.2 Å². The molecule has 2 rings (SSSR count). The standard InChI is InChI=1S/C17H22N2O2/c1-3-17(20)19-10-14-9-15(21-11-12(2)18)8-13-6-4-5-7-16(13)14/h4-9,12H,3,10-11,18H2,1-2H3,(H,19,20). The Morgan fingerprint density at radius 1 is 1.33 bits per heavy atom. The molecule has 0 radical (unpaired) electrons. The maximum Gasteiger partial charge on any atom is 0.219 e. The second-order valence-electron chi connectivity index (χ2n) is 5.22. The zero-order chi connectivity index (χ0) is 15.2. The quantitative estimate of drug-likeness (QED) is 0.858. The summed E-state index contributed by atoms with van der Waals surface area (Å²) in [6, 6.07) is 12.0. The lowest BCUT2D eigenvalue weighted by Gasteiger charge is -2.13. The first-order valence-corrected chi connectivity index (χ1v) is 7.27. The van der Waals surface area contributed by atoms with E-state index in [0.717, 1.165) is 22.1 Å². The number of hydrogen-bond donors (Lipinski definition) is 2. The molecule has 0 aliphatic rings. The highest BCUT2D eigenvalue weighted by Gasteiger charge is 2.07. The van der Waals surface area contributed by atoms with E-state index in [4.69, 9.17) is 10.5 Å². The number of carbonyl (C=O) groups is 1. The lowest BCUT2D eigenvalue weighted by molar-refractivity contribution is -0.120. The molecule has 0 saturated carbocycles. The Labute approximate surface area is 125 Å². The first kappa shape index (κ1) is 15.3. The van der Waals surface area contributed by atoms with Gasteiger partial charge in [-0.3, -0.25) is 4.79 Å². The summed E-state index contributed by atoms with van der Waals surface area (Å²) < 4.78 is 5.71. The van der Waals surface area contributed by atoms with Crippen LogP contribution in [0.25, 0.3) is 10.8 Å². The van der Waals surface area contributed by atoms with Crippen LogP contribution in [0.5, 0.6) is 5.75 Å². The van der Waals surface area contributed by atoms with Crippen molar-refractivity contribution in [3.63, 3.8) is 0 Å². The minimum Gasteiger partial charge on any atom is -0.492 e. The first-order valence-electron chi connectivity index (χ1n) is 7.27. The van der Waals surface area contributed by atoms with Crippen molar-refractivity contribution in [2.45, 2.75) is 32.9 Å². The zero-order valence-electron chi connectivity index (χ0n) is 12.6. The van der Waals surface area contributed by atoms with Gasteiger partial charge in [-0.2, -0.15) is 0 Å². The number of fused-ring (bicyclic) bond motifs is 1. The summed E-state index contributed by atoms with van der Waals surface area (Å²) in [5.74, 6) is 0.827. The average Bonchev–Trinajstić information content (AvgIpc) is 2.50. The van der Waals surface area contributed by atoms with Gasteiger partial charge in [-0.15, -0.1) is 0 Å². The van der Waals surface area contributed by atoms with Crippen molar-refractivity contribution >= 4 is 16.7 Å². The van der Waals surface area contributed by atoms with Crippen LogP contribution in [-0.2, 0) is 11.3 Å². The zero-order valence-corrected chi connectivity index (χ0v) is 12.6. The molecule has 3 N–H and O–H groups in total. The Balaban J connectivity index is 2.29. The van der Waals surface area contributed by atoms with Gasteiger partial charge >= 0.3 is 0 Å². The fourth-order valence-corrected chi connectivity index (χ4v) is 2.14. The van der Waals surface area contributed by atoms with Gasteiger partial charge in [-0.25, -0.2) is 0 Å². The smallest absolute Gasteiger partial charge is 0.219 e. The Bertz CT molecular complexity index is 623. The average molecular weight is 286 g/mol. The van der Waals surface area contributed by atoms with Crippen LogP contribution in [0.3, 0.4) is 0 Å². The van der Waals surface area contributed by atoms with Gasteiger partial charge < -0.3 is 15.8 Å². The van der Waals surface area contributed by atoms with Crippen LogP contribution in [0.2, 0.25) is 0 Å². The number of benzene rings is 2. The van der Waals surface area contributed by atoms with Crippen molar-refractivity contribution < 1.29 is 9.53 Å². The summed E-state index contributed by atoms with van der Waals surface area (Å²) in [5.41, 5.74) is 6.78. The maximum absolute atomic E-state index is 11.5. The van der Waals surface area contributed by atoms with Gasteiger partial charge in [0, 0.05) is 19.0 Å². The van der Waals surface area contributed by atoms with Gasteiger partial charge in [0.15, 0.2) is 0 Å². The monoisotopic (exact) mass is 286 g/mol. The summed E-state index contributed by atoms with van der Waals surface area (Å²) in [6.45, 7) is 4.72. The maximum atomic E-state index is 11.5. The molecule has 2 aromatic carbocycles. The Kier molecular flexibility index (Phi) is 5.17. The van der Waals surface area contributed by atoms with E-state index in [1.165, 1.54) is 0 Å². The molecule has 0 fully saturated rings.